The van der Waals surface area contributed by atoms with Crippen LogP contribution >= 0.6 is 0 Å². The lowest BCUT2D eigenvalue weighted by Gasteiger charge is -2.14. The molecule has 1 N–H and O–H groups in total. The van der Waals surface area contributed by atoms with Gasteiger partial charge >= 0.3 is 0 Å². The first-order valence-electron chi connectivity index (χ1n) is 8.34. The normalized spacial score (nSPS) is 10.5. The molecule has 0 aliphatic rings. The second kappa shape index (κ2) is 9.18. The highest BCUT2D eigenvalue weighted by Crippen LogP contribution is 2.25. The van der Waals surface area contributed by atoms with Crippen molar-refractivity contribution in [2.24, 2.45) is 0 Å². The molecule has 0 bridgehead atoms. The van der Waals surface area contributed by atoms with Crippen molar-refractivity contribution >= 4 is 0 Å². The lowest BCUT2D eigenvalue weighted by Crippen LogP contribution is -2.15. The molecule has 0 heterocycles. The Morgan fingerprint density at radius 2 is 1.67 bits per heavy atom. The molecule has 0 atom stereocenters. The average Bonchev–Trinajstić information content (AvgIpc) is 2.60. The largest absolute Gasteiger partial charge is 0.497 e. The number of ether oxygens (including phenoxy) is 3. The fourth-order valence-electron chi connectivity index (χ4n) is 2.37. The van der Waals surface area contributed by atoms with Gasteiger partial charge in [-0.1, -0.05) is 25.1 Å². The third-order valence-electron chi connectivity index (χ3n) is 3.78. The van der Waals surface area contributed by atoms with Gasteiger partial charge in [-0.25, -0.2) is 0 Å². The van der Waals surface area contributed by atoms with Crippen LogP contribution in [0.4, 0.5) is 0 Å². The van der Waals surface area contributed by atoms with Crippen molar-refractivity contribution in [3.63, 3.8) is 0 Å². The Balaban J connectivity index is 1.94. The highest BCUT2D eigenvalue weighted by atomic mass is 16.5. The van der Waals surface area contributed by atoms with Crippen LogP contribution < -0.4 is 19.5 Å². The summed E-state index contributed by atoms with van der Waals surface area (Å²) in [6.07, 6.45) is 0. The highest BCUT2D eigenvalue weighted by molar-refractivity contribution is 5.41. The summed E-state index contributed by atoms with van der Waals surface area (Å²) in [5.41, 5.74) is 3.44. The van der Waals surface area contributed by atoms with Crippen molar-refractivity contribution in [1.82, 2.24) is 5.32 Å². The number of aryl methyl sites for hydroxylation is 2. The molecular formula is C20H27NO3. The van der Waals surface area contributed by atoms with Crippen LogP contribution in [0.2, 0.25) is 0 Å². The van der Waals surface area contributed by atoms with Gasteiger partial charge in [-0.3, -0.25) is 0 Å². The minimum Gasteiger partial charge on any atom is -0.497 e. The van der Waals surface area contributed by atoms with E-state index in [4.69, 9.17) is 14.2 Å². The predicted molar refractivity (Wildman–Crippen MR) is 97.3 cm³/mol. The van der Waals surface area contributed by atoms with Crippen molar-refractivity contribution in [1.29, 1.82) is 0 Å². The van der Waals surface area contributed by atoms with E-state index in [9.17, 15) is 0 Å². The number of rotatable bonds is 9. The average molecular weight is 329 g/mol. The van der Waals surface area contributed by atoms with Gasteiger partial charge in [0.15, 0.2) is 0 Å². The van der Waals surface area contributed by atoms with Crippen LogP contribution in [0.25, 0.3) is 0 Å². The monoisotopic (exact) mass is 329 g/mol. The van der Waals surface area contributed by atoms with Crippen LogP contribution in [0.1, 0.15) is 23.6 Å². The van der Waals surface area contributed by atoms with Gasteiger partial charge < -0.3 is 19.5 Å². The number of methoxy groups -OCH3 is 1. The molecule has 2 aromatic rings. The molecule has 24 heavy (non-hydrogen) atoms. The predicted octanol–water partition coefficient (Wildman–Crippen LogP) is 3.88. The van der Waals surface area contributed by atoms with E-state index in [-0.39, 0.29) is 0 Å². The summed E-state index contributed by atoms with van der Waals surface area (Å²) in [5.74, 6) is 2.54. The molecular weight excluding hydrogens is 302 g/mol. The van der Waals surface area contributed by atoms with Gasteiger partial charge in [-0.15, -0.1) is 0 Å². The zero-order valence-corrected chi connectivity index (χ0v) is 15.0. The molecule has 0 aromatic heterocycles. The van der Waals surface area contributed by atoms with Gasteiger partial charge in [0.25, 0.3) is 0 Å². The third kappa shape index (κ3) is 5.17. The van der Waals surface area contributed by atoms with Crippen LogP contribution in [0.5, 0.6) is 17.2 Å². The lowest BCUT2D eigenvalue weighted by atomic mass is 10.1. The van der Waals surface area contributed by atoms with E-state index in [0.717, 1.165) is 41.5 Å². The van der Waals surface area contributed by atoms with Crippen LogP contribution in [0, 0.1) is 13.8 Å². The Kier molecular flexibility index (Phi) is 6.94. The molecule has 0 spiro atoms. The smallest absolute Gasteiger partial charge is 0.127 e. The second-order valence-electron chi connectivity index (χ2n) is 5.72. The Labute approximate surface area is 144 Å². The second-order valence-corrected chi connectivity index (χ2v) is 5.72. The van der Waals surface area contributed by atoms with Gasteiger partial charge in [-0.05, 0) is 43.7 Å². The molecule has 2 aromatic carbocycles. The third-order valence-corrected chi connectivity index (χ3v) is 3.78. The summed E-state index contributed by atoms with van der Waals surface area (Å²) in [6, 6.07) is 12.1. The van der Waals surface area contributed by atoms with Gasteiger partial charge in [0.1, 0.15) is 30.5 Å². The lowest BCUT2D eigenvalue weighted by molar-refractivity contribution is 0.214. The Morgan fingerprint density at radius 3 is 2.38 bits per heavy atom. The van der Waals surface area contributed by atoms with Gasteiger partial charge in [0.2, 0.25) is 0 Å². The summed E-state index contributed by atoms with van der Waals surface area (Å²) >= 11 is 0. The Hall–Kier alpha value is -2.20. The molecule has 0 aliphatic carbocycles. The quantitative estimate of drug-likeness (QED) is 0.709. The van der Waals surface area contributed by atoms with Crippen LogP contribution in [0.3, 0.4) is 0 Å². The number of nitrogens with one attached hydrogen (secondary N) is 1. The molecule has 0 fully saturated rings. The number of hydrogen-bond acceptors (Lipinski definition) is 4. The van der Waals surface area contributed by atoms with Crippen LogP contribution in [-0.4, -0.2) is 26.9 Å². The minimum absolute atomic E-state index is 0.486. The highest BCUT2D eigenvalue weighted by Gasteiger charge is 2.06. The molecule has 130 valence electrons. The summed E-state index contributed by atoms with van der Waals surface area (Å²) in [6.45, 7) is 8.87. The molecule has 4 heteroatoms. The minimum atomic E-state index is 0.486. The number of benzene rings is 2. The van der Waals surface area contributed by atoms with E-state index in [2.05, 4.69) is 37.4 Å². The van der Waals surface area contributed by atoms with E-state index in [1.807, 2.05) is 25.1 Å². The maximum absolute atomic E-state index is 5.92. The zero-order valence-electron chi connectivity index (χ0n) is 15.0. The van der Waals surface area contributed by atoms with Crippen molar-refractivity contribution in [3.05, 3.63) is 53.1 Å². The van der Waals surface area contributed by atoms with Crippen molar-refractivity contribution in [2.75, 3.05) is 26.9 Å². The molecule has 0 amide bonds. The molecule has 2 rings (SSSR count). The van der Waals surface area contributed by atoms with E-state index in [1.54, 1.807) is 7.11 Å². The first-order chi connectivity index (χ1) is 11.6. The van der Waals surface area contributed by atoms with Gasteiger partial charge in [0, 0.05) is 18.2 Å². The molecule has 0 saturated carbocycles. The van der Waals surface area contributed by atoms with Gasteiger partial charge in [0.05, 0.1) is 7.11 Å². The molecule has 4 nitrogen and oxygen atoms in total. The summed E-state index contributed by atoms with van der Waals surface area (Å²) in [5, 5.41) is 3.32. The molecule has 0 saturated heterocycles. The molecule has 0 radical (unpaired) electrons. The fourth-order valence-corrected chi connectivity index (χ4v) is 2.37. The maximum Gasteiger partial charge on any atom is 0.127 e. The first kappa shape index (κ1) is 18.1. The van der Waals surface area contributed by atoms with E-state index in [0.29, 0.717) is 13.2 Å². The van der Waals surface area contributed by atoms with Crippen molar-refractivity contribution in [3.8, 4) is 17.2 Å². The van der Waals surface area contributed by atoms with Crippen molar-refractivity contribution < 1.29 is 14.2 Å². The van der Waals surface area contributed by atoms with Gasteiger partial charge in [-0.2, -0.15) is 0 Å². The summed E-state index contributed by atoms with van der Waals surface area (Å²) in [4.78, 5) is 0. The molecule has 0 aliphatic heterocycles. The zero-order chi connectivity index (χ0) is 17.4. The standard InChI is InChI=1S/C20H27NO3/c1-5-21-14-17-8-9-18(22-4)13-20(17)24-11-10-23-19-12-15(2)6-7-16(19)3/h6-9,12-13,21H,5,10-11,14H2,1-4H3. The Bertz CT molecular complexity index is 655. The van der Waals surface area contributed by atoms with E-state index < -0.39 is 0 Å². The maximum atomic E-state index is 5.92. The number of hydrogen-bond donors (Lipinski definition) is 1. The Morgan fingerprint density at radius 1 is 0.917 bits per heavy atom. The van der Waals surface area contributed by atoms with Crippen LogP contribution in [0.15, 0.2) is 36.4 Å². The van der Waals surface area contributed by atoms with E-state index in [1.165, 1.54) is 5.56 Å². The van der Waals surface area contributed by atoms with E-state index >= 15 is 0 Å². The topological polar surface area (TPSA) is 39.7 Å². The van der Waals surface area contributed by atoms with Crippen LogP contribution in [-0.2, 0) is 6.54 Å². The summed E-state index contributed by atoms with van der Waals surface area (Å²) < 4.78 is 17.1. The summed E-state index contributed by atoms with van der Waals surface area (Å²) in [7, 11) is 1.66. The first-order valence-corrected chi connectivity index (χ1v) is 8.34. The molecule has 0 unspecified atom stereocenters. The van der Waals surface area contributed by atoms with Crippen molar-refractivity contribution in [2.45, 2.75) is 27.3 Å². The SMILES string of the molecule is CCNCc1ccc(OC)cc1OCCOc1cc(C)ccc1C. The fraction of sp³-hybridized carbons (Fsp3) is 0.400.